The van der Waals surface area contributed by atoms with Crippen molar-refractivity contribution in [2.45, 2.75) is 13.1 Å². The highest BCUT2D eigenvalue weighted by Crippen LogP contribution is 2.17. The van der Waals surface area contributed by atoms with Gasteiger partial charge in [-0.25, -0.2) is 9.47 Å². The van der Waals surface area contributed by atoms with Crippen molar-refractivity contribution in [3.8, 4) is 11.5 Å². The number of nitrogens with zero attached hydrogens (tertiary/aromatic N) is 4. The van der Waals surface area contributed by atoms with Gasteiger partial charge in [0, 0.05) is 24.4 Å². The first kappa shape index (κ1) is 12.6. The van der Waals surface area contributed by atoms with Gasteiger partial charge in [-0.1, -0.05) is 0 Å². The molecule has 0 aromatic carbocycles. The number of rotatable bonds is 2. The number of hydrogen-bond donors (Lipinski definition) is 1. The zero-order valence-electron chi connectivity index (χ0n) is 12.0. The van der Waals surface area contributed by atoms with Crippen molar-refractivity contribution in [2.75, 3.05) is 4.90 Å². The number of nitrogens with one attached hydrogen (secondary N) is 1. The van der Waals surface area contributed by atoms with Gasteiger partial charge in [0.1, 0.15) is 19.4 Å². The molecule has 0 amide bonds. The predicted octanol–water partition coefficient (Wildman–Crippen LogP) is 0.624. The maximum Gasteiger partial charge on any atom is 0.335 e. The van der Waals surface area contributed by atoms with Crippen molar-refractivity contribution in [1.82, 2.24) is 10.3 Å². The minimum atomic E-state index is 0.251. The first-order chi connectivity index (χ1) is 9.68. The van der Waals surface area contributed by atoms with Crippen LogP contribution in [0.1, 0.15) is 6.92 Å². The van der Waals surface area contributed by atoms with Crippen molar-refractivity contribution in [1.29, 1.82) is 0 Å². The number of aromatic nitrogens is 3. The quantitative estimate of drug-likeness (QED) is 0.812. The Morgan fingerprint density at radius 2 is 2.10 bits per heavy atom. The van der Waals surface area contributed by atoms with E-state index in [1.165, 1.54) is 0 Å². The monoisotopic (exact) mass is 269 g/mol. The summed E-state index contributed by atoms with van der Waals surface area (Å²) in [5, 5.41) is 3.27. The number of hydrogen-bond acceptors (Lipinski definition) is 3. The molecule has 1 aliphatic heterocycles. The highest BCUT2D eigenvalue weighted by atomic mass is 15.3. The molecule has 0 spiro atoms. The van der Waals surface area contributed by atoms with Crippen molar-refractivity contribution in [2.24, 2.45) is 14.1 Å². The smallest absolute Gasteiger partial charge is 0.335 e. The molecule has 2 aromatic rings. The molecule has 5 heteroatoms. The molecule has 2 aromatic heterocycles. The molecule has 3 rings (SSSR count). The lowest BCUT2D eigenvalue weighted by Gasteiger charge is -2.18. The van der Waals surface area contributed by atoms with E-state index < -0.39 is 0 Å². The maximum atomic E-state index is 4.54. The lowest BCUT2D eigenvalue weighted by molar-refractivity contribution is -0.686. The van der Waals surface area contributed by atoms with E-state index in [-0.39, 0.29) is 6.17 Å². The average Bonchev–Trinajstić information content (AvgIpc) is 2.86. The second kappa shape index (κ2) is 4.92. The summed E-state index contributed by atoms with van der Waals surface area (Å²) in [6.07, 6.45) is 8.16. The number of pyridine rings is 1. The van der Waals surface area contributed by atoms with E-state index in [9.17, 15) is 0 Å². The van der Waals surface area contributed by atoms with Crippen LogP contribution in [-0.4, -0.2) is 11.1 Å². The van der Waals surface area contributed by atoms with E-state index in [1.807, 2.05) is 50.9 Å². The van der Waals surface area contributed by atoms with Crippen LogP contribution in [0.5, 0.6) is 0 Å². The van der Waals surface area contributed by atoms with Crippen molar-refractivity contribution >= 4 is 5.82 Å². The largest absolute Gasteiger partial charge is 0.357 e. The van der Waals surface area contributed by atoms with Gasteiger partial charge in [-0.2, -0.15) is 4.57 Å². The zero-order chi connectivity index (χ0) is 14.1. The van der Waals surface area contributed by atoms with Gasteiger partial charge in [0.25, 0.3) is 5.69 Å². The second-order valence-electron chi connectivity index (χ2n) is 4.95. The molecule has 5 nitrogen and oxygen atoms in total. The highest BCUT2D eigenvalue weighted by molar-refractivity contribution is 5.46. The Labute approximate surface area is 118 Å². The van der Waals surface area contributed by atoms with Crippen LogP contribution in [-0.2, 0) is 14.1 Å². The van der Waals surface area contributed by atoms with Crippen LogP contribution in [0.4, 0.5) is 5.82 Å². The van der Waals surface area contributed by atoms with Gasteiger partial charge < -0.3 is 5.32 Å². The Kier molecular flexibility index (Phi) is 3.10. The molecule has 0 bridgehead atoms. The lowest BCUT2D eigenvalue weighted by atomic mass is 10.3. The molecular formula is C15H19N5+2. The fourth-order valence-corrected chi connectivity index (χ4v) is 2.48. The highest BCUT2D eigenvalue weighted by Gasteiger charge is 2.27. The average molecular weight is 269 g/mol. The molecule has 20 heavy (non-hydrogen) atoms. The van der Waals surface area contributed by atoms with Crippen molar-refractivity contribution in [3.63, 3.8) is 0 Å². The van der Waals surface area contributed by atoms with Crippen LogP contribution in [0.25, 0.3) is 11.5 Å². The molecule has 1 atom stereocenters. The predicted molar refractivity (Wildman–Crippen MR) is 76.2 cm³/mol. The van der Waals surface area contributed by atoms with E-state index >= 15 is 0 Å². The van der Waals surface area contributed by atoms with Crippen LogP contribution in [0, 0.1) is 0 Å². The van der Waals surface area contributed by atoms with E-state index in [0.717, 1.165) is 17.3 Å². The third-order valence-corrected chi connectivity index (χ3v) is 3.62. The zero-order valence-corrected chi connectivity index (χ0v) is 12.0. The molecular weight excluding hydrogens is 250 g/mol. The third kappa shape index (κ3) is 2.01. The van der Waals surface area contributed by atoms with Gasteiger partial charge in [-0.3, -0.25) is 0 Å². The first-order valence-corrected chi connectivity index (χ1v) is 6.69. The summed E-state index contributed by atoms with van der Waals surface area (Å²) in [6.45, 7) is 2.13. The molecule has 0 saturated heterocycles. The van der Waals surface area contributed by atoms with Gasteiger partial charge in [0.2, 0.25) is 5.82 Å². The van der Waals surface area contributed by atoms with Gasteiger partial charge in [-0.15, -0.1) is 4.98 Å². The molecule has 1 N–H and O–H groups in total. The summed E-state index contributed by atoms with van der Waals surface area (Å²) in [5.74, 6) is 2.05. The van der Waals surface area contributed by atoms with E-state index in [0.29, 0.717) is 0 Å². The maximum absolute atomic E-state index is 4.54. The molecule has 1 aliphatic rings. The lowest BCUT2D eigenvalue weighted by Crippen LogP contribution is -2.45. The standard InChI is InChI=1S/C15H18N5/c1-12-16-9-11-20(12)14-7-8-17-15(19(14)3)13-6-4-5-10-18(13)2/h4-12H,1-3H3/q+1/p+1/t12-/m1/s1. The van der Waals surface area contributed by atoms with Gasteiger partial charge >= 0.3 is 5.82 Å². The summed E-state index contributed by atoms with van der Waals surface area (Å²) in [7, 11) is 4.08. The molecule has 0 unspecified atom stereocenters. The molecule has 0 fully saturated rings. The van der Waals surface area contributed by atoms with Crippen LogP contribution >= 0.6 is 0 Å². The molecule has 3 heterocycles. The SMILES string of the molecule is C[C@@H]1NC=CN1c1ccnc(-c2cccc[n+]2C)[n+]1C. The van der Waals surface area contributed by atoms with Crippen LogP contribution in [0.2, 0.25) is 0 Å². The molecule has 102 valence electrons. The van der Waals surface area contributed by atoms with Crippen LogP contribution < -0.4 is 19.4 Å². The molecule has 0 aliphatic carbocycles. The topological polar surface area (TPSA) is 35.9 Å². The Morgan fingerprint density at radius 1 is 1.25 bits per heavy atom. The summed E-state index contributed by atoms with van der Waals surface area (Å²) in [4.78, 5) is 6.73. The summed E-state index contributed by atoms with van der Waals surface area (Å²) in [6, 6.07) is 8.15. The Balaban J connectivity index is 2.11. The Bertz CT molecular complexity index is 665. The second-order valence-corrected chi connectivity index (χ2v) is 4.95. The number of aryl methyl sites for hydroxylation is 1. The third-order valence-electron chi connectivity index (χ3n) is 3.62. The summed E-state index contributed by atoms with van der Waals surface area (Å²) < 4.78 is 4.19. The van der Waals surface area contributed by atoms with Gasteiger partial charge in [0.15, 0.2) is 6.20 Å². The van der Waals surface area contributed by atoms with E-state index in [4.69, 9.17) is 0 Å². The minimum Gasteiger partial charge on any atom is -0.357 e. The van der Waals surface area contributed by atoms with Crippen LogP contribution in [0.15, 0.2) is 49.1 Å². The van der Waals surface area contributed by atoms with Crippen LogP contribution in [0.3, 0.4) is 0 Å². The normalized spacial score (nSPS) is 17.4. The Morgan fingerprint density at radius 3 is 2.80 bits per heavy atom. The van der Waals surface area contributed by atoms with Crippen molar-refractivity contribution < 1.29 is 9.13 Å². The number of anilines is 1. The fraction of sp³-hybridized carbons (Fsp3) is 0.267. The summed E-state index contributed by atoms with van der Waals surface area (Å²) >= 11 is 0. The fourth-order valence-electron chi connectivity index (χ4n) is 2.48. The first-order valence-electron chi connectivity index (χ1n) is 6.69. The van der Waals surface area contributed by atoms with Gasteiger partial charge in [0.05, 0.1) is 13.2 Å². The minimum absolute atomic E-state index is 0.251. The molecule has 0 saturated carbocycles. The Hall–Kier alpha value is -2.43. The molecule has 0 radical (unpaired) electrons. The van der Waals surface area contributed by atoms with Crippen molar-refractivity contribution in [3.05, 3.63) is 49.1 Å². The van der Waals surface area contributed by atoms with E-state index in [1.54, 1.807) is 0 Å². The van der Waals surface area contributed by atoms with E-state index in [2.05, 4.69) is 43.5 Å². The summed E-state index contributed by atoms with van der Waals surface area (Å²) in [5.41, 5.74) is 1.08. The van der Waals surface area contributed by atoms with Gasteiger partial charge in [-0.05, 0) is 13.0 Å².